The molecule has 0 aromatic heterocycles. The highest BCUT2D eigenvalue weighted by molar-refractivity contribution is 5.88. The van der Waals surface area contributed by atoms with Gasteiger partial charge >= 0.3 is 0 Å². The number of carbonyl (C=O) groups excluding carboxylic acids is 1. The smallest absolute Gasteiger partial charge is 0.155 e. The zero-order valence-electron chi connectivity index (χ0n) is 9.05. The Balaban J connectivity index is 2.20. The van der Waals surface area contributed by atoms with E-state index in [0.29, 0.717) is 26.1 Å². The molecule has 14 heavy (non-hydrogen) atoms. The Hall–Kier alpha value is -0.410. The summed E-state index contributed by atoms with van der Waals surface area (Å²) in [7, 11) is 0. The average Bonchev–Trinajstić information content (AvgIpc) is 2.61. The van der Waals surface area contributed by atoms with Gasteiger partial charge in [0, 0.05) is 13.0 Å². The van der Waals surface area contributed by atoms with Gasteiger partial charge in [-0.3, -0.25) is 4.79 Å². The highest BCUT2D eigenvalue weighted by atomic mass is 16.5. The van der Waals surface area contributed by atoms with Gasteiger partial charge in [0.2, 0.25) is 0 Å². The maximum absolute atomic E-state index is 11.7. The molecule has 1 aliphatic heterocycles. The normalized spacial score (nSPS) is 26.7. The summed E-state index contributed by atoms with van der Waals surface area (Å²) in [6.45, 7) is 3.22. The molecule has 0 bridgehead atoms. The minimum absolute atomic E-state index is 0.186. The molecule has 3 heteroatoms. The van der Waals surface area contributed by atoms with Crippen LogP contribution in [0.1, 0.15) is 45.4 Å². The van der Waals surface area contributed by atoms with Crippen LogP contribution in [0.15, 0.2) is 0 Å². The largest absolute Gasteiger partial charge is 0.379 e. The first-order chi connectivity index (χ1) is 6.69. The minimum atomic E-state index is -0.661. The quantitative estimate of drug-likeness (QED) is 0.662. The van der Waals surface area contributed by atoms with Crippen LogP contribution >= 0.6 is 0 Å². The van der Waals surface area contributed by atoms with Gasteiger partial charge in [-0.25, -0.2) is 0 Å². The Kier molecular flexibility index (Phi) is 4.55. The summed E-state index contributed by atoms with van der Waals surface area (Å²) >= 11 is 0. The zero-order valence-corrected chi connectivity index (χ0v) is 9.05. The Morgan fingerprint density at radius 2 is 2.21 bits per heavy atom. The molecule has 1 atom stereocenters. The predicted octanol–water partition coefficient (Wildman–Crippen LogP) is 1.64. The van der Waals surface area contributed by atoms with Gasteiger partial charge in [-0.15, -0.1) is 0 Å². The standard InChI is InChI=1S/C11H21NO2/c1-2-3-4-5-6-10(13)11(12)7-8-14-9-11/h2-9,12H2,1H3. The van der Waals surface area contributed by atoms with E-state index in [0.717, 1.165) is 12.8 Å². The van der Waals surface area contributed by atoms with Crippen LogP contribution in [0.5, 0.6) is 0 Å². The maximum Gasteiger partial charge on any atom is 0.155 e. The summed E-state index contributed by atoms with van der Waals surface area (Å²) in [4.78, 5) is 11.7. The second kappa shape index (κ2) is 5.47. The van der Waals surface area contributed by atoms with Crippen molar-refractivity contribution in [2.75, 3.05) is 13.2 Å². The van der Waals surface area contributed by atoms with Gasteiger partial charge in [-0.1, -0.05) is 26.2 Å². The summed E-state index contributed by atoms with van der Waals surface area (Å²) in [6.07, 6.45) is 5.84. The molecule has 0 aromatic carbocycles. The van der Waals surface area contributed by atoms with Gasteiger partial charge in [0.1, 0.15) is 5.54 Å². The molecule has 1 aliphatic rings. The fraction of sp³-hybridized carbons (Fsp3) is 0.909. The van der Waals surface area contributed by atoms with Gasteiger partial charge in [-0.05, 0) is 12.8 Å². The van der Waals surface area contributed by atoms with Crippen molar-refractivity contribution in [1.82, 2.24) is 0 Å². The number of unbranched alkanes of at least 4 members (excludes halogenated alkanes) is 3. The van der Waals surface area contributed by atoms with E-state index in [-0.39, 0.29) is 5.78 Å². The maximum atomic E-state index is 11.7. The zero-order chi connectivity index (χ0) is 10.4. The van der Waals surface area contributed by atoms with E-state index in [1.54, 1.807) is 0 Å². The number of nitrogens with two attached hydrogens (primary N) is 1. The summed E-state index contributed by atoms with van der Waals surface area (Å²) < 4.78 is 5.16. The molecule has 0 radical (unpaired) electrons. The number of rotatable bonds is 6. The van der Waals surface area contributed by atoms with Crippen LogP contribution in [0.25, 0.3) is 0 Å². The molecule has 1 unspecified atom stereocenters. The summed E-state index contributed by atoms with van der Waals surface area (Å²) in [5.41, 5.74) is 5.28. The summed E-state index contributed by atoms with van der Waals surface area (Å²) in [5.74, 6) is 0.186. The van der Waals surface area contributed by atoms with Crippen LogP contribution in [0.2, 0.25) is 0 Å². The lowest BCUT2D eigenvalue weighted by molar-refractivity contribution is -0.124. The van der Waals surface area contributed by atoms with Crippen molar-refractivity contribution in [1.29, 1.82) is 0 Å². The molecule has 0 saturated carbocycles. The Morgan fingerprint density at radius 3 is 2.79 bits per heavy atom. The van der Waals surface area contributed by atoms with Crippen molar-refractivity contribution in [2.24, 2.45) is 5.73 Å². The second-order valence-corrected chi connectivity index (χ2v) is 4.19. The molecule has 1 rings (SSSR count). The average molecular weight is 199 g/mol. The lowest BCUT2D eigenvalue weighted by atomic mass is 9.91. The first kappa shape index (κ1) is 11.7. The number of Topliss-reactive ketones (excluding diaryl/α,β-unsaturated/α-hetero) is 1. The first-order valence-corrected chi connectivity index (χ1v) is 5.59. The number of ether oxygens (including phenoxy) is 1. The predicted molar refractivity (Wildman–Crippen MR) is 56.1 cm³/mol. The van der Waals surface area contributed by atoms with E-state index in [1.807, 2.05) is 0 Å². The van der Waals surface area contributed by atoms with Crippen molar-refractivity contribution in [3.63, 3.8) is 0 Å². The number of hydrogen-bond donors (Lipinski definition) is 1. The van der Waals surface area contributed by atoms with Crippen LogP contribution in [-0.4, -0.2) is 24.5 Å². The van der Waals surface area contributed by atoms with E-state index in [1.165, 1.54) is 12.8 Å². The minimum Gasteiger partial charge on any atom is -0.379 e. The molecule has 1 heterocycles. The number of carbonyl (C=O) groups is 1. The SMILES string of the molecule is CCCCCCC(=O)C1(N)CCOC1. The van der Waals surface area contributed by atoms with Crippen LogP contribution in [0, 0.1) is 0 Å². The fourth-order valence-corrected chi connectivity index (χ4v) is 1.76. The molecule has 1 saturated heterocycles. The van der Waals surface area contributed by atoms with Crippen molar-refractivity contribution < 1.29 is 9.53 Å². The molecule has 3 nitrogen and oxygen atoms in total. The van der Waals surface area contributed by atoms with E-state index < -0.39 is 5.54 Å². The summed E-state index contributed by atoms with van der Waals surface area (Å²) in [5, 5.41) is 0. The molecular weight excluding hydrogens is 178 g/mol. The van der Waals surface area contributed by atoms with Gasteiger partial charge in [0.05, 0.1) is 6.61 Å². The second-order valence-electron chi connectivity index (χ2n) is 4.19. The molecule has 82 valence electrons. The molecule has 0 spiro atoms. The van der Waals surface area contributed by atoms with Gasteiger partial charge in [0.15, 0.2) is 5.78 Å². The van der Waals surface area contributed by atoms with Crippen LogP contribution in [0.4, 0.5) is 0 Å². The van der Waals surface area contributed by atoms with Crippen molar-refractivity contribution >= 4 is 5.78 Å². The molecule has 0 aliphatic carbocycles. The van der Waals surface area contributed by atoms with Crippen LogP contribution in [0.3, 0.4) is 0 Å². The van der Waals surface area contributed by atoms with Crippen LogP contribution in [-0.2, 0) is 9.53 Å². The third-order valence-corrected chi connectivity index (χ3v) is 2.86. The molecule has 0 amide bonds. The van der Waals surface area contributed by atoms with Gasteiger partial charge in [-0.2, -0.15) is 0 Å². The Bertz CT molecular complexity index is 186. The summed E-state index contributed by atoms with van der Waals surface area (Å²) in [6, 6.07) is 0. The number of ketones is 1. The Labute approximate surface area is 86.0 Å². The van der Waals surface area contributed by atoms with E-state index in [9.17, 15) is 4.79 Å². The van der Waals surface area contributed by atoms with E-state index in [2.05, 4.69) is 6.92 Å². The number of hydrogen-bond acceptors (Lipinski definition) is 3. The first-order valence-electron chi connectivity index (χ1n) is 5.59. The van der Waals surface area contributed by atoms with Crippen molar-refractivity contribution in [3.05, 3.63) is 0 Å². The Morgan fingerprint density at radius 1 is 1.43 bits per heavy atom. The highest BCUT2D eigenvalue weighted by Gasteiger charge is 2.36. The molecule has 2 N–H and O–H groups in total. The molecule has 0 aromatic rings. The molecule has 1 fully saturated rings. The molecular formula is C11H21NO2. The highest BCUT2D eigenvalue weighted by Crippen LogP contribution is 2.19. The van der Waals surface area contributed by atoms with Crippen LogP contribution < -0.4 is 5.73 Å². The van der Waals surface area contributed by atoms with Gasteiger partial charge in [0.25, 0.3) is 0 Å². The monoisotopic (exact) mass is 199 g/mol. The van der Waals surface area contributed by atoms with E-state index in [4.69, 9.17) is 10.5 Å². The lowest BCUT2D eigenvalue weighted by Gasteiger charge is -2.19. The third-order valence-electron chi connectivity index (χ3n) is 2.86. The fourth-order valence-electron chi connectivity index (χ4n) is 1.76. The van der Waals surface area contributed by atoms with Gasteiger partial charge < -0.3 is 10.5 Å². The van der Waals surface area contributed by atoms with Crippen molar-refractivity contribution in [3.8, 4) is 0 Å². The third kappa shape index (κ3) is 3.07. The van der Waals surface area contributed by atoms with Crippen molar-refractivity contribution in [2.45, 2.75) is 51.0 Å². The van der Waals surface area contributed by atoms with E-state index >= 15 is 0 Å². The topological polar surface area (TPSA) is 52.3 Å². The lowest BCUT2D eigenvalue weighted by Crippen LogP contribution is -2.48.